The van der Waals surface area contributed by atoms with Gasteiger partial charge in [0.15, 0.2) is 0 Å². The highest BCUT2D eigenvalue weighted by Gasteiger charge is 2.18. The lowest BCUT2D eigenvalue weighted by molar-refractivity contribution is 0.101. The van der Waals surface area contributed by atoms with Crippen molar-refractivity contribution in [3.05, 3.63) is 83.0 Å². The van der Waals surface area contributed by atoms with Gasteiger partial charge in [0, 0.05) is 50.2 Å². The maximum Gasteiger partial charge on any atom is 0.257 e. The minimum atomic E-state index is -0.311. The fourth-order valence-electron chi connectivity index (χ4n) is 3.74. The number of carbonyl (C=O) groups excluding carboxylic acids is 2. The Bertz CT molecular complexity index is 1130. The maximum atomic E-state index is 12.7. The molecule has 34 heavy (non-hydrogen) atoms. The molecule has 2 amide bonds. The number of aromatic nitrogens is 1. The summed E-state index contributed by atoms with van der Waals surface area (Å²) in [5.41, 5.74) is 1.84. The van der Waals surface area contributed by atoms with Crippen LogP contribution in [-0.2, 0) is 0 Å². The molecule has 0 saturated carbocycles. The van der Waals surface area contributed by atoms with E-state index in [-0.39, 0.29) is 18.4 Å². The predicted octanol–water partition coefficient (Wildman–Crippen LogP) is 3.35. The Hall–Kier alpha value is -3.46. The van der Waals surface area contributed by atoms with Crippen molar-refractivity contribution in [3.8, 4) is 0 Å². The number of piperazine rings is 1. The number of nitrogens with one attached hydrogen (secondary N) is 2. The Morgan fingerprint density at radius 1 is 0.912 bits per heavy atom. The number of aliphatic hydroxyl groups excluding tert-OH is 1. The first-order valence-corrected chi connectivity index (χ1v) is 11.4. The van der Waals surface area contributed by atoms with Crippen molar-refractivity contribution >= 4 is 40.6 Å². The van der Waals surface area contributed by atoms with Crippen molar-refractivity contribution < 1.29 is 14.7 Å². The van der Waals surface area contributed by atoms with Crippen LogP contribution in [0, 0.1) is 0 Å². The van der Waals surface area contributed by atoms with Gasteiger partial charge in [-0.15, -0.1) is 0 Å². The van der Waals surface area contributed by atoms with Crippen molar-refractivity contribution in [1.82, 2.24) is 9.88 Å². The maximum absolute atomic E-state index is 12.7. The molecule has 0 radical (unpaired) electrons. The van der Waals surface area contributed by atoms with Crippen LogP contribution in [0.5, 0.6) is 0 Å². The van der Waals surface area contributed by atoms with Crippen molar-refractivity contribution in [2.45, 2.75) is 0 Å². The molecule has 4 rings (SSSR count). The van der Waals surface area contributed by atoms with Gasteiger partial charge in [-0.25, -0.2) is 4.98 Å². The highest BCUT2D eigenvalue weighted by Crippen LogP contribution is 2.26. The van der Waals surface area contributed by atoms with Gasteiger partial charge in [0.05, 0.1) is 22.9 Å². The molecular formula is C25H26ClN5O3. The van der Waals surface area contributed by atoms with Crippen molar-refractivity contribution in [3.63, 3.8) is 0 Å². The second-order valence-corrected chi connectivity index (χ2v) is 8.33. The summed E-state index contributed by atoms with van der Waals surface area (Å²) in [6, 6.07) is 17.3. The van der Waals surface area contributed by atoms with E-state index in [0.717, 1.165) is 32.0 Å². The summed E-state index contributed by atoms with van der Waals surface area (Å²) in [4.78, 5) is 34.0. The molecule has 9 heteroatoms. The van der Waals surface area contributed by atoms with E-state index in [9.17, 15) is 9.59 Å². The summed E-state index contributed by atoms with van der Waals surface area (Å²) >= 11 is 6.24. The van der Waals surface area contributed by atoms with E-state index in [4.69, 9.17) is 16.7 Å². The molecule has 1 aromatic heterocycles. The molecule has 0 aliphatic carbocycles. The van der Waals surface area contributed by atoms with Crippen LogP contribution in [0.15, 0.2) is 66.9 Å². The monoisotopic (exact) mass is 479 g/mol. The van der Waals surface area contributed by atoms with Gasteiger partial charge >= 0.3 is 0 Å². The Morgan fingerprint density at radius 3 is 2.32 bits per heavy atom. The van der Waals surface area contributed by atoms with Crippen LogP contribution in [0.1, 0.15) is 20.7 Å². The molecule has 3 aromatic rings. The van der Waals surface area contributed by atoms with E-state index in [1.807, 2.05) is 12.1 Å². The first-order chi connectivity index (χ1) is 16.5. The fraction of sp³-hybridized carbons (Fsp3) is 0.240. The number of carbonyl (C=O) groups is 2. The number of benzene rings is 2. The molecule has 1 aliphatic rings. The Labute approximate surface area is 203 Å². The third-order valence-electron chi connectivity index (χ3n) is 5.63. The molecule has 8 nitrogen and oxygen atoms in total. The molecule has 0 spiro atoms. The van der Waals surface area contributed by atoms with Gasteiger partial charge in [-0.1, -0.05) is 29.8 Å². The zero-order valence-corrected chi connectivity index (χ0v) is 19.3. The highest BCUT2D eigenvalue weighted by molar-refractivity contribution is 6.34. The summed E-state index contributed by atoms with van der Waals surface area (Å²) in [5.74, 6) is 0.218. The zero-order chi connectivity index (χ0) is 23.9. The number of pyridine rings is 1. The average Bonchev–Trinajstić information content (AvgIpc) is 2.87. The Balaban J connectivity index is 1.38. The quantitative estimate of drug-likeness (QED) is 0.480. The van der Waals surface area contributed by atoms with Crippen molar-refractivity contribution in [1.29, 1.82) is 0 Å². The van der Waals surface area contributed by atoms with Crippen molar-refractivity contribution in [2.75, 3.05) is 54.9 Å². The normalized spacial score (nSPS) is 14.0. The number of anilines is 3. The number of nitrogens with zero attached hydrogens (tertiary/aromatic N) is 3. The third-order valence-corrected chi connectivity index (χ3v) is 5.96. The second kappa shape index (κ2) is 11.1. The van der Waals surface area contributed by atoms with Gasteiger partial charge in [-0.2, -0.15) is 0 Å². The lowest BCUT2D eigenvalue weighted by Gasteiger charge is -2.35. The van der Waals surface area contributed by atoms with E-state index < -0.39 is 0 Å². The van der Waals surface area contributed by atoms with E-state index in [0.29, 0.717) is 34.1 Å². The molecule has 0 unspecified atom stereocenters. The number of aliphatic hydroxyl groups is 1. The lowest BCUT2D eigenvalue weighted by Crippen LogP contribution is -2.47. The summed E-state index contributed by atoms with van der Waals surface area (Å²) in [5, 5.41) is 15.0. The van der Waals surface area contributed by atoms with Crippen LogP contribution in [0.4, 0.5) is 17.2 Å². The van der Waals surface area contributed by atoms with Crippen LogP contribution >= 0.6 is 11.6 Å². The highest BCUT2D eigenvalue weighted by atomic mass is 35.5. The number of rotatable bonds is 7. The molecule has 2 heterocycles. The van der Waals surface area contributed by atoms with Crippen LogP contribution < -0.4 is 15.5 Å². The molecule has 0 bridgehead atoms. The first kappa shape index (κ1) is 23.7. The summed E-state index contributed by atoms with van der Waals surface area (Å²) in [7, 11) is 0. The minimum Gasteiger partial charge on any atom is -0.395 e. The fourth-order valence-corrected chi connectivity index (χ4v) is 3.90. The molecular weight excluding hydrogens is 454 g/mol. The number of hydrogen-bond donors (Lipinski definition) is 3. The van der Waals surface area contributed by atoms with Gasteiger partial charge in [-0.05, 0) is 42.5 Å². The molecule has 3 N–H and O–H groups in total. The van der Waals surface area contributed by atoms with Crippen LogP contribution in [0.2, 0.25) is 5.02 Å². The summed E-state index contributed by atoms with van der Waals surface area (Å²) < 4.78 is 0. The number of halogens is 1. The number of amides is 2. The zero-order valence-electron chi connectivity index (χ0n) is 18.6. The molecule has 176 valence electrons. The number of hydrogen-bond acceptors (Lipinski definition) is 6. The Kier molecular flexibility index (Phi) is 7.74. The van der Waals surface area contributed by atoms with Gasteiger partial charge in [0.25, 0.3) is 11.8 Å². The molecule has 2 aromatic carbocycles. The van der Waals surface area contributed by atoms with Gasteiger partial charge in [0.2, 0.25) is 0 Å². The van der Waals surface area contributed by atoms with E-state index >= 15 is 0 Å². The second-order valence-electron chi connectivity index (χ2n) is 7.93. The van der Waals surface area contributed by atoms with Gasteiger partial charge in [-0.3, -0.25) is 14.5 Å². The smallest absolute Gasteiger partial charge is 0.257 e. The predicted molar refractivity (Wildman–Crippen MR) is 134 cm³/mol. The summed E-state index contributed by atoms with van der Waals surface area (Å²) in [6.45, 7) is 4.22. The van der Waals surface area contributed by atoms with E-state index in [2.05, 4.69) is 25.4 Å². The van der Waals surface area contributed by atoms with E-state index in [1.54, 1.807) is 54.7 Å². The van der Waals surface area contributed by atoms with Gasteiger partial charge < -0.3 is 20.6 Å². The minimum absolute atomic E-state index is 0.163. The average molecular weight is 480 g/mol. The third kappa shape index (κ3) is 5.91. The van der Waals surface area contributed by atoms with Gasteiger partial charge in [0.1, 0.15) is 5.82 Å². The summed E-state index contributed by atoms with van der Waals surface area (Å²) in [6.07, 6.45) is 1.55. The topological polar surface area (TPSA) is 97.8 Å². The van der Waals surface area contributed by atoms with E-state index in [1.165, 1.54) is 0 Å². The van der Waals surface area contributed by atoms with Crippen LogP contribution in [0.25, 0.3) is 0 Å². The molecule has 1 fully saturated rings. The standard InChI is InChI=1S/C25H26ClN5O3/c26-21-8-7-20(16-22(21)29-24(33)18-4-2-1-3-5-18)28-25(34)19-6-9-23(27-17-19)31-12-10-30(11-13-31)14-15-32/h1-9,16-17,32H,10-15H2,(H,28,34)(H,29,33). The number of β-amino-alcohol motifs (C(OH)–C–C–N with tert-alkyl or cyclic N) is 1. The SMILES string of the molecule is O=C(Nc1ccc(Cl)c(NC(=O)c2ccccc2)c1)c1ccc(N2CCN(CCO)CC2)nc1. The van der Waals surface area contributed by atoms with Crippen LogP contribution in [-0.4, -0.2) is 66.1 Å². The lowest BCUT2D eigenvalue weighted by atomic mass is 10.2. The molecule has 1 aliphatic heterocycles. The van der Waals surface area contributed by atoms with Crippen molar-refractivity contribution in [2.24, 2.45) is 0 Å². The first-order valence-electron chi connectivity index (χ1n) is 11.0. The Morgan fingerprint density at radius 2 is 1.65 bits per heavy atom. The molecule has 0 atom stereocenters. The molecule has 1 saturated heterocycles. The largest absolute Gasteiger partial charge is 0.395 e. The van der Waals surface area contributed by atoms with Crippen LogP contribution in [0.3, 0.4) is 0 Å².